The van der Waals surface area contributed by atoms with Gasteiger partial charge in [-0.05, 0) is 64.7 Å². The molecule has 0 rings (SSSR count). The number of nitrogens with zero attached hydrogens (tertiary/aromatic N) is 2. The number of unbranched alkanes of at least 4 members (excludes halogenated alkanes) is 6. The van der Waals surface area contributed by atoms with Crippen LogP contribution in [0.3, 0.4) is 0 Å². The summed E-state index contributed by atoms with van der Waals surface area (Å²) in [5.74, 6) is 0.427. The smallest absolute Gasteiger partial charge is 0.316 e. The first-order valence-electron chi connectivity index (χ1n) is 12.1. The van der Waals surface area contributed by atoms with Gasteiger partial charge in [-0.1, -0.05) is 58.3 Å². The molecule has 0 saturated carbocycles. The van der Waals surface area contributed by atoms with Crippen molar-refractivity contribution in [3.8, 4) is 0 Å². The molecule has 178 valence electrons. The molecule has 0 heterocycles. The summed E-state index contributed by atoms with van der Waals surface area (Å²) in [7, 11) is 3.97. The standard InChI is InChI=1S/C24H47ClN2O3/c1-5-6-10-16-23(29)17-13-15-22(21(2)28)14-11-8-7-9-12-18-27(24(25)30)20-19-26(3)4/h22-23,29H,5-20H2,1-4H3. The van der Waals surface area contributed by atoms with Gasteiger partial charge >= 0.3 is 5.37 Å². The molecule has 0 aromatic rings. The zero-order chi connectivity index (χ0) is 22.8. The van der Waals surface area contributed by atoms with E-state index in [1.54, 1.807) is 11.8 Å². The van der Waals surface area contributed by atoms with Crippen LogP contribution in [0.1, 0.15) is 97.3 Å². The Labute approximate surface area is 190 Å². The average Bonchev–Trinajstić information content (AvgIpc) is 2.67. The maximum absolute atomic E-state index is 11.9. The number of carbonyl (C=O) groups excluding carboxylic acids is 2. The summed E-state index contributed by atoms with van der Waals surface area (Å²) in [5.41, 5.74) is 0. The molecule has 0 aliphatic heterocycles. The Hall–Kier alpha value is -0.650. The molecule has 1 N–H and O–H groups in total. The lowest BCUT2D eigenvalue weighted by Gasteiger charge is -2.21. The van der Waals surface area contributed by atoms with Gasteiger partial charge in [0.2, 0.25) is 0 Å². The molecule has 0 bridgehead atoms. The minimum Gasteiger partial charge on any atom is -0.393 e. The summed E-state index contributed by atoms with van der Waals surface area (Å²) in [6.45, 7) is 6.08. The Bertz CT molecular complexity index is 446. The van der Waals surface area contributed by atoms with E-state index in [2.05, 4.69) is 6.92 Å². The number of halogens is 1. The van der Waals surface area contributed by atoms with Gasteiger partial charge in [0.15, 0.2) is 0 Å². The molecule has 0 aliphatic carbocycles. The van der Waals surface area contributed by atoms with Crippen LogP contribution >= 0.6 is 11.6 Å². The third-order valence-electron chi connectivity index (χ3n) is 5.85. The highest BCUT2D eigenvalue weighted by Gasteiger charge is 2.15. The fourth-order valence-electron chi connectivity index (χ4n) is 3.76. The Kier molecular flexibility index (Phi) is 18.7. The Morgan fingerprint density at radius 1 is 0.800 bits per heavy atom. The van der Waals surface area contributed by atoms with Crippen molar-refractivity contribution in [2.45, 2.75) is 103 Å². The highest BCUT2D eigenvalue weighted by atomic mass is 35.5. The third-order valence-corrected chi connectivity index (χ3v) is 6.09. The molecule has 0 aromatic heterocycles. The van der Waals surface area contributed by atoms with E-state index >= 15 is 0 Å². The van der Waals surface area contributed by atoms with Crippen LogP contribution in [-0.4, -0.2) is 65.9 Å². The number of rotatable bonds is 20. The zero-order valence-corrected chi connectivity index (χ0v) is 20.8. The summed E-state index contributed by atoms with van der Waals surface area (Å²) in [6, 6.07) is 0. The quantitative estimate of drug-likeness (QED) is 0.144. The van der Waals surface area contributed by atoms with E-state index in [1.807, 2.05) is 19.0 Å². The number of hydrogen-bond acceptors (Lipinski definition) is 4. The van der Waals surface area contributed by atoms with Gasteiger partial charge in [0.1, 0.15) is 5.78 Å². The lowest BCUT2D eigenvalue weighted by molar-refractivity contribution is -0.121. The number of hydrogen-bond donors (Lipinski definition) is 1. The van der Waals surface area contributed by atoms with Crippen LogP contribution in [-0.2, 0) is 4.79 Å². The molecule has 1 amide bonds. The zero-order valence-electron chi connectivity index (χ0n) is 20.0. The molecular weight excluding hydrogens is 400 g/mol. The van der Waals surface area contributed by atoms with Gasteiger partial charge < -0.3 is 14.9 Å². The molecule has 0 aromatic carbocycles. The third kappa shape index (κ3) is 17.1. The second-order valence-electron chi connectivity index (χ2n) is 8.99. The molecule has 2 unspecified atom stereocenters. The molecule has 0 saturated heterocycles. The van der Waals surface area contributed by atoms with Gasteiger partial charge in [-0.3, -0.25) is 9.59 Å². The molecule has 0 spiro atoms. The molecule has 0 aliphatic rings. The van der Waals surface area contributed by atoms with Crippen molar-refractivity contribution < 1.29 is 14.7 Å². The van der Waals surface area contributed by atoms with Crippen LogP contribution < -0.4 is 0 Å². The summed E-state index contributed by atoms with van der Waals surface area (Å²) < 4.78 is 0. The van der Waals surface area contributed by atoms with Crippen molar-refractivity contribution in [3.63, 3.8) is 0 Å². The highest BCUT2D eigenvalue weighted by Crippen LogP contribution is 2.20. The normalized spacial score (nSPS) is 13.4. The van der Waals surface area contributed by atoms with Gasteiger partial charge in [0.05, 0.1) is 6.10 Å². The molecular formula is C24H47ClN2O3. The number of likely N-dealkylation sites (N-methyl/N-ethyl adjacent to an activating group) is 1. The summed E-state index contributed by atoms with van der Waals surface area (Å²) in [4.78, 5) is 27.2. The monoisotopic (exact) mass is 446 g/mol. The Morgan fingerprint density at radius 3 is 1.97 bits per heavy atom. The van der Waals surface area contributed by atoms with Crippen molar-refractivity contribution >= 4 is 22.8 Å². The fraction of sp³-hybridized carbons (Fsp3) is 0.917. The topological polar surface area (TPSA) is 60.9 Å². The predicted molar refractivity (Wildman–Crippen MR) is 127 cm³/mol. The maximum atomic E-state index is 11.9. The first-order valence-corrected chi connectivity index (χ1v) is 12.4. The van der Waals surface area contributed by atoms with Crippen LogP contribution in [0.4, 0.5) is 4.79 Å². The van der Waals surface area contributed by atoms with E-state index in [4.69, 9.17) is 11.6 Å². The Morgan fingerprint density at radius 2 is 1.37 bits per heavy atom. The van der Waals surface area contributed by atoms with E-state index < -0.39 is 0 Å². The summed E-state index contributed by atoms with van der Waals surface area (Å²) >= 11 is 5.67. The second-order valence-corrected chi connectivity index (χ2v) is 9.31. The van der Waals surface area contributed by atoms with Crippen molar-refractivity contribution in [2.24, 2.45) is 5.92 Å². The largest absolute Gasteiger partial charge is 0.393 e. The van der Waals surface area contributed by atoms with Gasteiger partial charge in [-0.2, -0.15) is 0 Å². The number of carbonyl (C=O) groups is 2. The maximum Gasteiger partial charge on any atom is 0.316 e. The van der Waals surface area contributed by atoms with Crippen molar-refractivity contribution in [2.75, 3.05) is 33.7 Å². The lowest BCUT2D eigenvalue weighted by Crippen LogP contribution is -2.34. The van der Waals surface area contributed by atoms with Crippen molar-refractivity contribution in [3.05, 3.63) is 0 Å². The molecule has 2 atom stereocenters. The van der Waals surface area contributed by atoms with E-state index in [0.717, 1.165) is 77.2 Å². The van der Waals surface area contributed by atoms with E-state index in [1.165, 1.54) is 12.8 Å². The first-order chi connectivity index (χ1) is 14.3. The van der Waals surface area contributed by atoms with Gasteiger partial charge in [-0.25, -0.2) is 0 Å². The first kappa shape index (κ1) is 29.4. The summed E-state index contributed by atoms with van der Waals surface area (Å²) in [5, 5.41) is 9.67. The highest BCUT2D eigenvalue weighted by molar-refractivity contribution is 6.62. The molecule has 6 heteroatoms. The fourth-order valence-corrected chi connectivity index (χ4v) is 3.93. The number of aliphatic hydroxyl groups excluding tert-OH is 1. The lowest BCUT2D eigenvalue weighted by atomic mass is 9.91. The van der Waals surface area contributed by atoms with Crippen LogP contribution in [0.2, 0.25) is 0 Å². The number of aliphatic hydroxyl groups is 1. The molecule has 5 nitrogen and oxygen atoms in total. The van der Waals surface area contributed by atoms with Crippen molar-refractivity contribution in [1.29, 1.82) is 0 Å². The van der Waals surface area contributed by atoms with Gasteiger partial charge in [0.25, 0.3) is 0 Å². The van der Waals surface area contributed by atoms with Crippen LogP contribution in [0.5, 0.6) is 0 Å². The van der Waals surface area contributed by atoms with E-state index in [0.29, 0.717) is 13.1 Å². The minimum atomic E-state index is -0.364. The van der Waals surface area contributed by atoms with Gasteiger partial charge in [-0.15, -0.1) is 0 Å². The second kappa shape index (κ2) is 19.1. The van der Waals surface area contributed by atoms with E-state index in [9.17, 15) is 14.7 Å². The van der Waals surface area contributed by atoms with Crippen molar-refractivity contribution in [1.82, 2.24) is 9.80 Å². The number of amides is 1. The average molecular weight is 447 g/mol. The SMILES string of the molecule is CCCCCC(O)CCCC(CCCCCCCN(CCN(C)C)C(=O)Cl)C(C)=O. The summed E-state index contributed by atoms with van der Waals surface area (Å²) in [6.07, 6.45) is 13.1. The van der Waals surface area contributed by atoms with Crippen LogP contribution in [0, 0.1) is 5.92 Å². The minimum absolute atomic E-state index is 0.142. The number of Topliss-reactive ketones (excluding diaryl/α,β-unsaturated/α-hetero) is 1. The predicted octanol–water partition coefficient (Wildman–Crippen LogP) is 5.87. The Balaban J connectivity index is 3.87. The molecule has 30 heavy (non-hydrogen) atoms. The van der Waals surface area contributed by atoms with Crippen LogP contribution in [0.15, 0.2) is 0 Å². The molecule has 0 radical (unpaired) electrons. The molecule has 0 fully saturated rings. The van der Waals surface area contributed by atoms with E-state index in [-0.39, 0.29) is 23.2 Å². The van der Waals surface area contributed by atoms with Crippen LogP contribution in [0.25, 0.3) is 0 Å². The number of ketones is 1. The van der Waals surface area contributed by atoms with Gasteiger partial charge in [0, 0.05) is 25.6 Å².